The largest absolute Gasteiger partial charge is 0.493 e. The minimum absolute atomic E-state index is 0. The van der Waals surface area contributed by atoms with Crippen molar-refractivity contribution < 1.29 is 18.9 Å². The van der Waals surface area contributed by atoms with Gasteiger partial charge in [0.25, 0.3) is 0 Å². The van der Waals surface area contributed by atoms with E-state index in [1.807, 2.05) is 45.3 Å². The number of hydrogen-bond donors (Lipinski definition) is 0. The van der Waals surface area contributed by atoms with Crippen molar-refractivity contribution in [3.05, 3.63) is 53.1 Å². The average molecular weight is 434 g/mol. The van der Waals surface area contributed by atoms with Gasteiger partial charge in [-0.15, -0.1) is 12.4 Å². The van der Waals surface area contributed by atoms with Crippen LogP contribution in [-0.4, -0.2) is 46.4 Å². The Labute approximate surface area is 186 Å². The molecule has 0 saturated heterocycles. The van der Waals surface area contributed by atoms with Crippen molar-refractivity contribution in [1.29, 1.82) is 0 Å². The third-order valence-electron chi connectivity index (χ3n) is 5.19. The summed E-state index contributed by atoms with van der Waals surface area (Å²) in [6.45, 7) is 5.65. The Morgan fingerprint density at radius 2 is 1.77 bits per heavy atom. The van der Waals surface area contributed by atoms with Gasteiger partial charge in [-0.1, -0.05) is 25.1 Å². The molecule has 0 radical (unpaired) electrons. The van der Waals surface area contributed by atoms with E-state index in [0.29, 0.717) is 6.61 Å². The van der Waals surface area contributed by atoms with E-state index in [9.17, 15) is 0 Å². The minimum Gasteiger partial charge on any atom is -0.493 e. The highest BCUT2D eigenvalue weighted by Gasteiger charge is 2.35. The molecule has 1 aliphatic rings. The molecule has 0 aliphatic carbocycles. The van der Waals surface area contributed by atoms with Crippen LogP contribution in [0.25, 0.3) is 6.08 Å². The van der Waals surface area contributed by atoms with Gasteiger partial charge >= 0.3 is 0 Å². The van der Waals surface area contributed by atoms with Gasteiger partial charge in [0.05, 0.1) is 14.2 Å². The quantitative estimate of drug-likeness (QED) is 0.562. The van der Waals surface area contributed by atoms with E-state index in [1.165, 1.54) is 0 Å². The molecular formula is C24H32ClNO4. The van der Waals surface area contributed by atoms with Crippen LogP contribution >= 0.6 is 12.4 Å². The smallest absolute Gasteiger partial charge is 0.165 e. The molecule has 0 saturated carbocycles. The van der Waals surface area contributed by atoms with Gasteiger partial charge in [-0.3, -0.25) is 0 Å². The number of halogens is 1. The van der Waals surface area contributed by atoms with Crippen LogP contribution in [0.3, 0.4) is 0 Å². The van der Waals surface area contributed by atoms with Gasteiger partial charge in [0.2, 0.25) is 0 Å². The molecule has 0 fully saturated rings. The zero-order valence-electron chi connectivity index (χ0n) is 18.6. The molecule has 0 spiro atoms. The molecule has 5 nitrogen and oxygen atoms in total. The van der Waals surface area contributed by atoms with Crippen LogP contribution in [0, 0.1) is 0 Å². The van der Waals surface area contributed by atoms with Gasteiger partial charge in [-0.25, -0.2) is 0 Å². The topological polar surface area (TPSA) is 40.2 Å². The predicted molar refractivity (Wildman–Crippen MR) is 124 cm³/mol. The zero-order valence-corrected chi connectivity index (χ0v) is 19.4. The first-order chi connectivity index (χ1) is 14.0. The summed E-state index contributed by atoms with van der Waals surface area (Å²) in [4.78, 5) is 2.08. The lowest BCUT2D eigenvalue weighted by Gasteiger charge is -2.19. The highest BCUT2D eigenvalue weighted by molar-refractivity contribution is 5.85. The number of nitrogens with zero attached hydrogens (tertiary/aromatic N) is 1. The number of likely N-dealkylation sites (N-methyl/N-ethyl adjacent to an activating group) is 1. The SMILES string of the molecule is C/C=C/c1cc(OC)c2c(c1)C(C)C(c1ccc(OCCN(C)C)c(OC)c1)O2.Cl. The Kier molecular flexibility index (Phi) is 8.44. The molecule has 30 heavy (non-hydrogen) atoms. The number of methoxy groups -OCH3 is 2. The maximum absolute atomic E-state index is 6.36. The summed E-state index contributed by atoms with van der Waals surface area (Å²) in [5.41, 5.74) is 3.33. The number of benzene rings is 2. The lowest BCUT2D eigenvalue weighted by Crippen LogP contribution is -2.19. The molecule has 6 heteroatoms. The second kappa shape index (κ2) is 10.6. The Morgan fingerprint density at radius 3 is 2.40 bits per heavy atom. The van der Waals surface area contributed by atoms with E-state index < -0.39 is 0 Å². The van der Waals surface area contributed by atoms with Crippen LogP contribution in [0.1, 0.15) is 42.6 Å². The van der Waals surface area contributed by atoms with Crippen molar-refractivity contribution in [2.75, 3.05) is 41.5 Å². The Morgan fingerprint density at radius 1 is 1.03 bits per heavy atom. The fourth-order valence-corrected chi connectivity index (χ4v) is 3.62. The Balaban J connectivity index is 0.00000320. The Bertz CT molecular complexity index is 882. The monoisotopic (exact) mass is 433 g/mol. The van der Waals surface area contributed by atoms with Crippen molar-refractivity contribution in [1.82, 2.24) is 4.90 Å². The van der Waals surface area contributed by atoms with E-state index in [-0.39, 0.29) is 24.4 Å². The van der Waals surface area contributed by atoms with Crippen molar-refractivity contribution >= 4 is 18.5 Å². The maximum atomic E-state index is 6.36. The average Bonchev–Trinajstić information content (AvgIpc) is 3.04. The number of fused-ring (bicyclic) bond motifs is 1. The maximum Gasteiger partial charge on any atom is 0.165 e. The second-order valence-corrected chi connectivity index (χ2v) is 7.53. The van der Waals surface area contributed by atoms with Gasteiger partial charge in [-0.05, 0) is 56.4 Å². The molecule has 1 aliphatic heterocycles. The summed E-state index contributed by atoms with van der Waals surface area (Å²) < 4.78 is 23.4. The van der Waals surface area contributed by atoms with Gasteiger partial charge in [0.1, 0.15) is 12.7 Å². The molecule has 2 unspecified atom stereocenters. The van der Waals surface area contributed by atoms with Crippen LogP contribution in [0.5, 0.6) is 23.0 Å². The molecule has 0 bridgehead atoms. The first-order valence-corrected chi connectivity index (χ1v) is 9.95. The summed E-state index contributed by atoms with van der Waals surface area (Å²) in [6.07, 6.45) is 3.99. The third kappa shape index (κ3) is 5.02. The van der Waals surface area contributed by atoms with Gasteiger partial charge < -0.3 is 23.8 Å². The number of allylic oxidation sites excluding steroid dienone is 1. The van der Waals surface area contributed by atoms with Crippen LogP contribution < -0.4 is 18.9 Å². The molecule has 164 valence electrons. The first-order valence-electron chi connectivity index (χ1n) is 9.95. The lowest BCUT2D eigenvalue weighted by atomic mass is 9.91. The van der Waals surface area contributed by atoms with E-state index in [2.05, 4.69) is 30.0 Å². The molecular weight excluding hydrogens is 402 g/mol. The molecule has 2 aromatic carbocycles. The fraction of sp³-hybridized carbons (Fsp3) is 0.417. The standard InChI is InChI=1S/C24H31NO4.ClH/c1-7-8-17-13-19-16(2)23(29-24(19)22(14-17)27-6)18-9-10-20(21(15-18)26-5)28-12-11-25(3)4;/h7-10,13-16,23H,11-12H2,1-6H3;1H/b8-7+;. The van der Waals surface area contributed by atoms with Crippen molar-refractivity contribution in [3.8, 4) is 23.0 Å². The molecule has 0 aromatic heterocycles. The van der Waals surface area contributed by atoms with E-state index in [4.69, 9.17) is 18.9 Å². The third-order valence-corrected chi connectivity index (χ3v) is 5.19. The molecule has 0 amide bonds. The second-order valence-electron chi connectivity index (χ2n) is 7.53. The highest BCUT2D eigenvalue weighted by Crippen LogP contribution is 2.51. The molecule has 2 atom stereocenters. The van der Waals surface area contributed by atoms with Gasteiger partial charge in [-0.2, -0.15) is 0 Å². The van der Waals surface area contributed by atoms with Crippen LogP contribution in [0.15, 0.2) is 36.4 Å². The van der Waals surface area contributed by atoms with Crippen molar-refractivity contribution in [2.45, 2.75) is 25.9 Å². The van der Waals surface area contributed by atoms with Crippen LogP contribution in [0.2, 0.25) is 0 Å². The summed E-state index contributed by atoms with van der Waals surface area (Å²) in [7, 11) is 7.39. The summed E-state index contributed by atoms with van der Waals surface area (Å²) in [6, 6.07) is 10.2. The normalized spacial score (nSPS) is 17.4. The van der Waals surface area contributed by atoms with E-state index in [0.717, 1.165) is 46.2 Å². The number of ether oxygens (including phenoxy) is 4. The fourth-order valence-electron chi connectivity index (χ4n) is 3.62. The van der Waals surface area contributed by atoms with Gasteiger partial charge in [0, 0.05) is 18.0 Å². The van der Waals surface area contributed by atoms with Gasteiger partial charge in [0.15, 0.2) is 23.0 Å². The molecule has 1 heterocycles. The van der Waals surface area contributed by atoms with E-state index in [1.54, 1.807) is 14.2 Å². The predicted octanol–water partition coefficient (Wildman–Crippen LogP) is 5.34. The summed E-state index contributed by atoms with van der Waals surface area (Å²) in [5, 5.41) is 0. The summed E-state index contributed by atoms with van der Waals surface area (Å²) >= 11 is 0. The lowest BCUT2D eigenvalue weighted by molar-refractivity contribution is 0.207. The zero-order chi connectivity index (χ0) is 21.0. The number of rotatable bonds is 8. The van der Waals surface area contributed by atoms with Crippen molar-refractivity contribution in [3.63, 3.8) is 0 Å². The molecule has 0 N–H and O–H groups in total. The highest BCUT2D eigenvalue weighted by atomic mass is 35.5. The molecule has 3 rings (SSSR count). The van der Waals surface area contributed by atoms with Crippen LogP contribution in [-0.2, 0) is 0 Å². The summed E-state index contributed by atoms with van der Waals surface area (Å²) in [5.74, 6) is 3.24. The number of hydrogen-bond acceptors (Lipinski definition) is 5. The van der Waals surface area contributed by atoms with E-state index >= 15 is 0 Å². The van der Waals surface area contributed by atoms with Crippen molar-refractivity contribution in [2.24, 2.45) is 0 Å². The minimum atomic E-state index is -0.107. The van der Waals surface area contributed by atoms with Crippen LogP contribution in [0.4, 0.5) is 0 Å². The Hall–Kier alpha value is -2.37. The first kappa shape index (κ1) is 23.9. The molecule has 2 aromatic rings.